The average molecular weight is 261 g/mol. The summed E-state index contributed by atoms with van der Waals surface area (Å²) in [6, 6.07) is 8.08. The summed E-state index contributed by atoms with van der Waals surface area (Å²) in [7, 11) is 2.18. The van der Waals surface area contributed by atoms with Crippen LogP contribution in [0.25, 0.3) is 6.08 Å². The van der Waals surface area contributed by atoms with Gasteiger partial charge in [0.05, 0.1) is 6.61 Å². The molecule has 0 bridgehead atoms. The first-order chi connectivity index (χ1) is 9.26. The van der Waals surface area contributed by atoms with Gasteiger partial charge in [0.25, 0.3) is 0 Å². The van der Waals surface area contributed by atoms with Gasteiger partial charge in [-0.3, -0.25) is 0 Å². The normalized spacial score (nSPS) is 10.7. The lowest BCUT2D eigenvalue weighted by molar-refractivity contribution is 0.299. The molecular formula is C17H27NO. The van der Waals surface area contributed by atoms with Gasteiger partial charge in [0.1, 0.15) is 5.75 Å². The van der Waals surface area contributed by atoms with Gasteiger partial charge in [-0.15, -0.1) is 0 Å². The van der Waals surface area contributed by atoms with Crippen molar-refractivity contribution >= 4 is 6.08 Å². The number of hydrogen-bond donors (Lipinski definition) is 0. The minimum Gasteiger partial charge on any atom is -0.494 e. The van der Waals surface area contributed by atoms with E-state index in [4.69, 9.17) is 4.74 Å². The van der Waals surface area contributed by atoms with Crippen molar-refractivity contribution < 1.29 is 4.74 Å². The number of unbranched alkanes of at least 4 members (excludes halogenated alkanes) is 3. The smallest absolute Gasteiger partial charge is 0.119 e. The molecule has 1 aromatic carbocycles. The Morgan fingerprint density at radius 1 is 1.11 bits per heavy atom. The third-order valence-corrected chi connectivity index (χ3v) is 3.36. The van der Waals surface area contributed by atoms with E-state index in [-0.39, 0.29) is 0 Å². The van der Waals surface area contributed by atoms with Gasteiger partial charge in [0, 0.05) is 0 Å². The fourth-order valence-corrected chi connectivity index (χ4v) is 1.89. The summed E-state index contributed by atoms with van der Waals surface area (Å²) in [6.07, 6.45) is 6.82. The van der Waals surface area contributed by atoms with Gasteiger partial charge in [0.15, 0.2) is 0 Å². The molecule has 1 aromatic rings. The van der Waals surface area contributed by atoms with Crippen molar-refractivity contribution in [3.63, 3.8) is 0 Å². The molecule has 0 amide bonds. The lowest BCUT2D eigenvalue weighted by Crippen LogP contribution is -2.18. The molecule has 19 heavy (non-hydrogen) atoms. The maximum atomic E-state index is 5.71. The van der Waals surface area contributed by atoms with Gasteiger partial charge in [0.2, 0.25) is 0 Å². The van der Waals surface area contributed by atoms with Crippen molar-refractivity contribution in [2.75, 3.05) is 26.7 Å². The Labute approximate surface area is 118 Å². The lowest BCUT2D eigenvalue weighted by atomic mass is 10.2. The van der Waals surface area contributed by atoms with E-state index in [0.717, 1.165) is 30.9 Å². The molecular weight excluding hydrogens is 234 g/mol. The fraction of sp³-hybridized carbons (Fsp3) is 0.529. The van der Waals surface area contributed by atoms with Crippen molar-refractivity contribution in [3.05, 3.63) is 36.4 Å². The molecule has 0 aliphatic rings. The number of nitrogens with zero attached hydrogens (tertiary/aromatic N) is 1. The molecule has 1 rings (SSSR count). The predicted octanol–water partition coefficient (Wildman–Crippen LogP) is 4.22. The monoisotopic (exact) mass is 261 g/mol. The molecule has 0 N–H and O–H groups in total. The molecule has 2 heteroatoms. The van der Waals surface area contributed by atoms with Crippen LogP contribution in [0.15, 0.2) is 30.8 Å². The van der Waals surface area contributed by atoms with Gasteiger partial charge >= 0.3 is 0 Å². The van der Waals surface area contributed by atoms with Gasteiger partial charge in [-0.2, -0.15) is 0 Å². The van der Waals surface area contributed by atoms with E-state index >= 15 is 0 Å². The molecule has 106 valence electrons. The first-order valence-corrected chi connectivity index (χ1v) is 7.30. The third-order valence-electron chi connectivity index (χ3n) is 3.36. The highest BCUT2D eigenvalue weighted by Gasteiger charge is 1.96. The van der Waals surface area contributed by atoms with Crippen LogP contribution in [0, 0.1) is 0 Å². The van der Waals surface area contributed by atoms with Crippen LogP contribution in [0.3, 0.4) is 0 Å². The van der Waals surface area contributed by atoms with Crippen LogP contribution in [0.2, 0.25) is 0 Å². The minimum absolute atomic E-state index is 0.817. The van der Waals surface area contributed by atoms with Gasteiger partial charge in [-0.25, -0.2) is 0 Å². The van der Waals surface area contributed by atoms with Crippen molar-refractivity contribution in [2.24, 2.45) is 0 Å². The summed E-state index contributed by atoms with van der Waals surface area (Å²) in [5, 5.41) is 0. The number of hydrogen-bond acceptors (Lipinski definition) is 2. The Balaban J connectivity index is 2.02. The van der Waals surface area contributed by atoms with Crippen LogP contribution in [-0.2, 0) is 0 Å². The number of rotatable bonds is 10. The number of ether oxygens (including phenoxy) is 1. The Hall–Kier alpha value is -1.28. The number of benzene rings is 1. The van der Waals surface area contributed by atoms with Crippen LogP contribution in [-0.4, -0.2) is 31.6 Å². The maximum absolute atomic E-state index is 5.71. The first-order valence-electron chi connectivity index (χ1n) is 7.30. The second-order valence-corrected chi connectivity index (χ2v) is 4.93. The van der Waals surface area contributed by atoms with Crippen LogP contribution in [0.4, 0.5) is 0 Å². The highest BCUT2D eigenvalue weighted by molar-refractivity contribution is 5.48. The van der Waals surface area contributed by atoms with Crippen LogP contribution in [0.5, 0.6) is 5.75 Å². The minimum atomic E-state index is 0.817. The van der Waals surface area contributed by atoms with Crippen LogP contribution in [0.1, 0.15) is 38.2 Å². The molecule has 0 aromatic heterocycles. The Kier molecular flexibility index (Phi) is 7.99. The van der Waals surface area contributed by atoms with Crippen LogP contribution >= 0.6 is 0 Å². The van der Waals surface area contributed by atoms with E-state index in [1.165, 1.54) is 25.8 Å². The summed E-state index contributed by atoms with van der Waals surface area (Å²) in [5.41, 5.74) is 1.13. The van der Waals surface area contributed by atoms with Crippen molar-refractivity contribution in [1.82, 2.24) is 4.90 Å². The van der Waals surface area contributed by atoms with E-state index in [1.54, 1.807) is 0 Å². The van der Waals surface area contributed by atoms with Gasteiger partial charge < -0.3 is 9.64 Å². The molecule has 0 atom stereocenters. The molecule has 0 heterocycles. The fourth-order valence-electron chi connectivity index (χ4n) is 1.89. The van der Waals surface area contributed by atoms with Gasteiger partial charge in [-0.05, 0) is 50.7 Å². The SMILES string of the molecule is C=Cc1ccc(OCCCCCCN(C)CC)cc1. The summed E-state index contributed by atoms with van der Waals surface area (Å²) in [6.45, 7) is 9.11. The molecule has 0 saturated carbocycles. The van der Waals surface area contributed by atoms with Crippen molar-refractivity contribution in [1.29, 1.82) is 0 Å². The quantitative estimate of drug-likeness (QED) is 0.585. The third kappa shape index (κ3) is 7.02. The zero-order valence-corrected chi connectivity index (χ0v) is 12.4. The zero-order valence-electron chi connectivity index (χ0n) is 12.4. The second-order valence-electron chi connectivity index (χ2n) is 4.93. The molecule has 2 nitrogen and oxygen atoms in total. The Morgan fingerprint density at radius 3 is 2.42 bits per heavy atom. The Bertz CT molecular complexity index is 345. The Morgan fingerprint density at radius 2 is 1.79 bits per heavy atom. The van der Waals surface area contributed by atoms with Crippen molar-refractivity contribution in [2.45, 2.75) is 32.6 Å². The second kappa shape index (κ2) is 9.62. The van der Waals surface area contributed by atoms with Gasteiger partial charge in [-0.1, -0.05) is 44.6 Å². The molecule has 0 aliphatic heterocycles. The highest BCUT2D eigenvalue weighted by Crippen LogP contribution is 2.13. The highest BCUT2D eigenvalue weighted by atomic mass is 16.5. The maximum Gasteiger partial charge on any atom is 0.119 e. The van der Waals surface area contributed by atoms with E-state index in [2.05, 4.69) is 25.5 Å². The topological polar surface area (TPSA) is 12.5 Å². The molecule has 0 radical (unpaired) electrons. The van der Waals surface area contributed by atoms with Crippen molar-refractivity contribution in [3.8, 4) is 5.75 Å². The molecule has 0 unspecified atom stereocenters. The first kappa shape index (κ1) is 15.8. The van der Waals surface area contributed by atoms with E-state index < -0.39 is 0 Å². The van der Waals surface area contributed by atoms with E-state index in [9.17, 15) is 0 Å². The summed E-state index contributed by atoms with van der Waals surface area (Å²) in [5.74, 6) is 0.955. The van der Waals surface area contributed by atoms with Crippen LogP contribution < -0.4 is 4.74 Å². The summed E-state index contributed by atoms with van der Waals surface area (Å²) in [4.78, 5) is 2.36. The van der Waals surface area contributed by atoms with E-state index in [0.29, 0.717) is 0 Å². The molecule has 0 aliphatic carbocycles. The molecule has 0 fully saturated rings. The average Bonchev–Trinajstić information content (AvgIpc) is 2.46. The summed E-state index contributed by atoms with van der Waals surface area (Å²) >= 11 is 0. The van der Waals surface area contributed by atoms with E-state index in [1.807, 2.05) is 30.3 Å². The molecule has 0 spiro atoms. The predicted molar refractivity (Wildman–Crippen MR) is 83.7 cm³/mol. The molecule has 0 saturated heterocycles. The summed E-state index contributed by atoms with van der Waals surface area (Å²) < 4.78 is 5.71. The lowest BCUT2D eigenvalue weighted by Gasteiger charge is -2.13. The largest absolute Gasteiger partial charge is 0.494 e. The standard InChI is InChI=1S/C17H27NO/c1-4-16-10-12-17(13-11-16)19-15-9-7-6-8-14-18(3)5-2/h4,10-13H,1,5-9,14-15H2,2-3H3. The zero-order chi connectivity index (χ0) is 13.9.